The van der Waals surface area contributed by atoms with E-state index in [-0.39, 0.29) is 0 Å². The number of likely N-dealkylation sites (tertiary alicyclic amines) is 1. The maximum atomic E-state index is 9.55. The average molecular weight is 410 g/mol. The van der Waals surface area contributed by atoms with Crippen LogP contribution in [0.3, 0.4) is 0 Å². The van der Waals surface area contributed by atoms with E-state index in [2.05, 4.69) is 52.2 Å². The van der Waals surface area contributed by atoms with Gasteiger partial charge in [0.15, 0.2) is 5.82 Å². The van der Waals surface area contributed by atoms with E-state index >= 15 is 0 Å². The molecule has 8 heteroatoms. The predicted octanol–water partition coefficient (Wildman–Crippen LogP) is 2.16. The molecule has 2 atom stereocenters. The van der Waals surface area contributed by atoms with Crippen LogP contribution in [0.4, 0.5) is 5.82 Å². The van der Waals surface area contributed by atoms with Gasteiger partial charge in [-0.15, -0.1) is 10.2 Å². The molecule has 2 saturated heterocycles. The number of hydrogen-bond acceptors (Lipinski definition) is 6. The molecule has 2 aromatic rings. The van der Waals surface area contributed by atoms with E-state index in [1.807, 2.05) is 18.2 Å². The standard InChI is InChI=1S/C18H22N4.C4H4O4/c1-13-8-17(14-6-4-3-5-7-14)19-20-18(13)22-11-15-9-21(2)10-16(15)12-22;5-3(6)1-2-4(7)8/h3-8,15-16H,9-12H2,1-2H3;1-2H,(H,5,6)(H,7,8). The van der Waals surface area contributed by atoms with Gasteiger partial charge >= 0.3 is 11.9 Å². The van der Waals surface area contributed by atoms with Crippen molar-refractivity contribution < 1.29 is 19.8 Å². The van der Waals surface area contributed by atoms with Gasteiger partial charge < -0.3 is 20.0 Å². The number of anilines is 1. The first kappa shape index (κ1) is 21.4. The van der Waals surface area contributed by atoms with Crippen molar-refractivity contribution in [1.82, 2.24) is 15.1 Å². The molecule has 0 spiro atoms. The van der Waals surface area contributed by atoms with Crippen LogP contribution in [0.1, 0.15) is 5.56 Å². The molecular weight excluding hydrogens is 384 g/mol. The summed E-state index contributed by atoms with van der Waals surface area (Å²) >= 11 is 0. The minimum Gasteiger partial charge on any atom is -0.478 e. The Kier molecular flexibility index (Phi) is 6.79. The number of aryl methyl sites for hydroxylation is 1. The molecule has 2 aliphatic rings. The Bertz CT molecular complexity index is 902. The van der Waals surface area contributed by atoms with Crippen molar-refractivity contribution in [2.75, 3.05) is 38.1 Å². The zero-order valence-electron chi connectivity index (χ0n) is 17.1. The van der Waals surface area contributed by atoms with Gasteiger partial charge in [-0.3, -0.25) is 0 Å². The first-order valence-electron chi connectivity index (χ1n) is 9.80. The summed E-state index contributed by atoms with van der Waals surface area (Å²) in [6.07, 6.45) is 1.12. The summed E-state index contributed by atoms with van der Waals surface area (Å²) in [4.78, 5) is 24.0. The van der Waals surface area contributed by atoms with Crippen molar-refractivity contribution in [2.24, 2.45) is 11.8 Å². The maximum Gasteiger partial charge on any atom is 0.328 e. The summed E-state index contributed by atoms with van der Waals surface area (Å²) in [5, 5.41) is 24.6. The van der Waals surface area contributed by atoms with E-state index in [0.29, 0.717) is 12.2 Å². The molecule has 8 nitrogen and oxygen atoms in total. The lowest BCUT2D eigenvalue weighted by atomic mass is 10.0. The molecule has 3 heterocycles. The third kappa shape index (κ3) is 5.42. The molecule has 1 aromatic carbocycles. The normalized spacial score (nSPS) is 20.7. The maximum absolute atomic E-state index is 9.55. The molecule has 0 amide bonds. The zero-order valence-corrected chi connectivity index (χ0v) is 17.1. The highest BCUT2D eigenvalue weighted by molar-refractivity contribution is 5.89. The molecule has 158 valence electrons. The summed E-state index contributed by atoms with van der Waals surface area (Å²) in [6.45, 7) is 6.83. The SMILES string of the molecule is Cc1cc(-c2ccccc2)nnc1N1CC2CN(C)CC2C1.O=C(O)C=CC(=O)O. The molecule has 2 fully saturated rings. The zero-order chi connectivity index (χ0) is 21.7. The first-order chi connectivity index (χ1) is 14.3. The van der Waals surface area contributed by atoms with Crippen LogP contribution in [0, 0.1) is 18.8 Å². The number of fused-ring (bicyclic) bond motifs is 1. The van der Waals surface area contributed by atoms with E-state index < -0.39 is 11.9 Å². The van der Waals surface area contributed by atoms with Crippen LogP contribution in [0.5, 0.6) is 0 Å². The Morgan fingerprint density at radius 2 is 1.53 bits per heavy atom. The van der Waals surface area contributed by atoms with Gasteiger partial charge in [0.05, 0.1) is 5.69 Å². The summed E-state index contributed by atoms with van der Waals surface area (Å²) in [6, 6.07) is 12.4. The Hall–Kier alpha value is -3.26. The Morgan fingerprint density at radius 1 is 0.967 bits per heavy atom. The van der Waals surface area contributed by atoms with E-state index in [1.165, 1.54) is 18.7 Å². The Morgan fingerprint density at radius 3 is 2.03 bits per heavy atom. The highest BCUT2D eigenvalue weighted by Gasteiger charge is 2.39. The molecule has 30 heavy (non-hydrogen) atoms. The minimum absolute atomic E-state index is 0.558. The molecule has 4 rings (SSSR count). The highest BCUT2D eigenvalue weighted by Crippen LogP contribution is 2.34. The molecule has 0 aliphatic carbocycles. The predicted molar refractivity (Wildman–Crippen MR) is 113 cm³/mol. The number of carboxylic acid groups (broad SMARTS) is 2. The smallest absolute Gasteiger partial charge is 0.328 e. The first-order valence-corrected chi connectivity index (χ1v) is 9.80. The molecule has 0 radical (unpaired) electrons. The van der Waals surface area contributed by atoms with Gasteiger partial charge in [-0.05, 0) is 37.4 Å². The van der Waals surface area contributed by atoms with Gasteiger partial charge in [-0.1, -0.05) is 30.3 Å². The quantitative estimate of drug-likeness (QED) is 0.739. The van der Waals surface area contributed by atoms with Gasteiger partial charge in [0.2, 0.25) is 0 Å². The minimum atomic E-state index is -1.26. The topological polar surface area (TPSA) is 107 Å². The van der Waals surface area contributed by atoms with Gasteiger partial charge in [0.25, 0.3) is 0 Å². The second-order valence-electron chi connectivity index (χ2n) is 7.76. The summed E-state index contributed by atoms with van der Waals surface area (Å²) in [5.41, 5.74) is 3.31. The lowest BCUT2D eigenvalue weighted by molar-refractivity contribution is -0.134. The number of hydrogen-bond donors (Lipinski definition) is 2. The van der Waals surface area contributed by atoms with Crippen LogP contribution in [0.15, 0.2) is 48.6 Å². The second-order valence-corrected chi connectivity index (χ2v) is 7.76. The Balaban J connectivity index is 0.000000275. The van der Waals surface area contributed by atoms with Crippen LogP contribution in [-0.2, 0) is 9.59 Å². The van der Waals surface area contributed by atoms with E-state index in [4.69, 9.17) is 10.2 Å². The molecule has 0 bridgehead atoms. The van der Waals surface area contributed by atoms with Crippen molar-refractivity contribution in [2.45, 2.75) is 6.92 Å². The monoisotopic (exact) mass is 410 g/mol. The van der Waals surface area contributed by atoms with Crippen LogP contribution in [0.2, 0.25) is 0 Å². The summed E-state index contributed by atoms with van der Waals surface area (Å²) in [7, 11) is 2.22. The molecule has 2 unspecified atom stereocenters. The van der Waals surface area contributed by atoms with Crippen LogP contribution < -0.4 is 4.90 Å². The lowest BCUT2D eigenvalue weighted by Gasteiger charge is -2.21. The van der Waals surface area contributed by atoms with Gasteiger partial charge in [0, 0.05) is 43.9 Å². The number of rotatable bonds is 4. The van der Waals surface area contributed by atoms with Gasteiger partial charge in [0.1, 0.15) is 0 Å². The van der Waals surface area contributed by atoms with Gasteiger partial charge in [-0.25, -0.2) is 9.59 Å². The molecular formula is C22H26N4O4. The van der Waals surface area contributed by atoms with E-state index in [9.17, 15) is 9.59 Å². The van der Waals surface area contributed by atoms with Crippen LogP contribution >= 0.6 is 0 Å². The fraction of sp³-hybridized carbons (Fsp3) is 0.364. The van der Waals surface area contributed by atoms with Crippen LogP contribution in [0.25, 0.3) is 11.3 Å². The average Bonchev–Trinajstić information content (AvgIpc) is 3.25. The fourth-order valence-corrected chi connectivity index (χ4v) is 4.08. The van der Waals surface area contributed by atoms with Crippen molar-refractivity contribution >= 4 is 17.8 Å². The third-order valence-corrected chi connectivity index (χ3v) is 5.36. The number of aromatic nitrogens is 2. The summed E-state index contributed by atoms with van der Waals surface area (Å²) in [5.74, 6) is 0.136. The number of carbonyl (C=O) groups is 2. The molecule has 1 aromatic heterocycles. The van der Waals surface area contributed by atoms with Crippen molar-refractivity contribution in [3.05, 3.63) is 54.1 Å². The Labute approximate surface area is 175 Å². The van der Waals surface area contributed by atoms with Crippen molar-refractivity contribution in [1.29, 1.82) is 0 Å². The summed E-state index contributed by atoms with van der Waals surface area (Å²) < 4.78 is 0. The van der Waals surface area contributed by atoms with Crippen molar-refractivity contribution in [3.63, 3.8) is 0 Å². The van der Waals surface area contributed by atoms with Gasteiger partial charge in [-0.2, -0.15) is 0 Å². The van der Waals surface area contributed by atoms with E-state index in [1.54, 1.807) is 0 Å². The lowest BCUT2D eigenvalue weighted by Crippen LogP contribution is -2.28. The van der Waals surface area contributed by atoms with Crippen LogP contribution in [-0.4, -0.2) is 70.5 Å². The number of carboxylic acids is 2. The van der Waals surface area contributed by atoms with Crippen molar-refractivity contribution in [3.8, 4) is 11.3 Å². The largest absolute Gasteiger partial charge is 0.478 e. The molecule has 2 N–H and O–H groups in total. The fourth-order valence-electron chi connectivity index (χ4n) is 4.08. The number of nitrogens with zero attached hydrogens (tertiary/aromatic N) is 4. The second kappa shape index (κ2) is 9.49. The molecule has 2 aliphatic heterocycles. The third-order valence-electron chi connectivity index (χ3n) is 5.36. The number of benzene rings is 1. The highest BCUT2D eigenvalue weighted by atomic mass is 16.4. The number of aliphatic carboxylic acids is 2. The van der Waals surface area contributed by atoms with E-state index in [0.717, 1.165) is 42.0 Å². The molecule has 0 saturated carbocycles.